The summed E-state index contributed by atoms with van der Waals surface area (Å²) < 4.78 is 3.96. The van der Waals surface area contributed by atoms with Gasteiger partial charge in [-0.05, 0) is 18.1 Å². The minimum absolute atomic E-state index is 0. The molecule has 0 unspecified atom stereocenters. The van der Waals surface area contributed by atoms with Gasteiger partial charge in [0.15, 0.2) is 0 Å². The molecule has 0 saturated heterocycles. The van der Waals surface area contributed by atoms with Crippen LogP contribution in [0.5, 0.6) is 0 Å². The highest BCUT2D eigenvalue weighted by Crippen LogP contribution is 2.04. The highest BCUT2D eigenvalue weighted by molar-refractivity contribution is 5.85. The Morgan fingerprint density at radius 3 is 2.37 bits per heavy atom. The summed E-state index contributed by atoms with van der Waals surface area (Å²) in [4.78, 5) is 0. The predicted molar refractivity (Wildman–Crippen MR) is 78.1 cm³/mol. The molecule has 106 valence electrons. The average molecular weight is 284 g/mol. The molecular formula is C13H22ClN5. The molecule has 0 aliphatic carbocycles. The molecule has 0 saturated carbocycles. The van der Waals surface area contributed by atoms with Gasteiger partial charge in [-0.2, -0.15) is 10.2 Å². The molecule has 0 atom stereocenters. The monoisotopic (exact) mass is 283 g/mol. The van der Waals surface area contributed by atoms with Crippen LogP contribution in [0.2, 0.25) is 0 Å². The minimum Gasteiger partial charge on any atom is -0.306 e. The van der Waals surface area contributed by atoms with Crippen LogP contribution in [0, 0.1) is 5.92 Å². The molecule has 1 N–H and O–H groups in total. The standard InChI is InChI=1S/C13H21N5.ClH/c1-11(2)10-18-13(5-7-16-18)9-14-8-12-4-6-15-17(12)3;/h4-7,11,14H,8-10H2,1-3H3;1H. The first-order valence-corrected chi connectivity index (χ1v) is 6.35. The summed E-state index contributed by atoms with van der Waals surface area (Å²) >= 11 is 0. The van der Waals surface area contributed by atoms with Crippen molar-refractivity contribution in [3.8, 4) is 0 Å². The van der Waals surface area contributed by atoms with Crippen LogP contribution in [-0.2, 0) is 26.7 Å². The summed E-state index contributed by atoms with van der Waals surface area (Å²) in [6.45, 7) is 7.03. The van der Waals surface area contributed by atoms with Gasteiger partial charge in [0, 0.05) is 39.1 Å². The number of hydrogen-bond donors (Lipinski definition) is 1. The lowest BCUT2D eigenvalue weighted by atomic mass is 10.2. The van der Waals surface area contributed by atoms with Crippen molar-refractivity contribution in [2.45, 2.75) is 33.5 Å². The van der Waals surface area contributed by atoms with Gasteiger partial charge in [-0.1, -0.05) is 13.8 Å². The lowest BCUT2D eigenvalue weighted by Gasteiger charge is -2.10. The van der Waals surface area contributed by atoms with E-state index >= 15 is 0 Å². The van der Waals surface area contributed by atoms with Gasteiger partial charge in [0.25, 0.3) is 0 Å². The van der Waals surface area contributed by atoms with E-state index in [1.54, 1.807) is 0 Å². The Morgan fingerprint density at radius 2 is 1.74 bits per heavy atom. The van der Waals surface area contributed by atoms with Gasteiger partial charge in [0.2, 0.25) is 0 Å². The summed E-state index contributed by atoms with van der Waals surface area (Å²) in [5, 5.41) is 11.9. The second kappa shape index (κ2) is 7.31. The first-order chi connectivity index (χ1) is 8.66. The second-order valence-corrected chi connectivity index (χ2v) is 4.95. The van der Waals surface area contributed by atoms with Crippen LogP contribution in [0.1, 0.15) is 25.2 Å². The molecule has 2 rings (SSSR count). The maximum Gasteiger partial charge on any atom is 0.0522 e. The van der Waals surface area contributed by atoms with Crippen LogP contribution in [0.15, 0.2) is 24.5 Å². The third-order valence-corrected chi connectivity index (χ3v) is 2.88. The van der Waals surface area contributed by atoms with E-state index in [-0.39, 0.29) is 12.4 Å². The summed E-state index contributed by atoms with van der Waals surface area (Å²) in [6.07, 6.45) is 3.68. The van der Waals surface area contributed by atoms with Gasteiger partial charge < -0.3 is 5.32 Å². The molecule has 19 heavy (non-hydrogen) atoms. The van der Waals surface area contributed by atoms with Crippen LogP contribution in [0.25, 0.3) is 0 Å². The molecule has 0 bridgehead atoms. The molecule has 0 amide bonds. The molecule has 2 heterocycles. The molecular weight excluding hydrogens is 262 g/mol. The fourth-order valence-electron chi connectivity index (χ4n) is 1.91. The number of rotatable bonds is 6. The number of hydrogen-bond acceptors (Lipinski definition) is 3. The van der Waals surface area contributed by atoms with Crippen molar-refractivity contribution < 1.29 is 0 Å². The van der Waals surface area contributed by atoms with Gasteiger partial charge in [0.1, 0.15) is 0 Å². The van der Waals surface area contributed by atoms with Gasteiger partial charge in [-0.3, -0.25) is 9.36 Å². The fraction of sp³-hybridized carbons (Fsp3) is 0.538. The Morgan fingerprint density at radius 1 is 1.11 bits per heavy atom. The Labute approximate surface area is 120 Å². The molecule has 0 fully saturated rings. The van der Waals surface area contributed by atoms with Crippen molar-refractivity contribution in [2.24, 2.45) is 13.0 Å². The predicted octanol–water partition coefficient (Wildman–Crippen LogP) is 1.98. The molecule has 2 aromatic heterocycles. The summed E-state index contributed by atoms with van der Waals surface area (Å²) in [6, 6.07) is 4.09. The average Bonchev–Trinajstić information content (AvgIpc) is 2.89. The maximum atomic E-state index is 4.35. The highest BCUT2D eigenvalue weighted by atomic mass is 35.5. The zero-order valence-corrected chi connectivity index (χ0v) is 12.5. The number of nitrogens with zero attached hydrogens (tertiary/aromatic N) is 4. The van der Waals surface area contributed by atoms with Crippen LogP contribution in [0.3, 0.4) is 0 Å². The van der Waals surface area contributed by atoms with E-state index in [1.165, 1.54) is 11.4 Å². The van der Waals surface area contributed by atoms with Crippen molar-refractivity contribution in [2.75, 3.05) is 0 Å². The molecule has 0 aliphatic rings. The Kier molecular flexibility index (Phi) is 6.05. The lowest BCUT2D eigenvalue weighted by Crippen LogP contribution is -2.19. The van der Waals surface area contributed by atoms with Gasteiger partial charge in [0.05, 0.1) is 11.4 Å². The number of aryl methyl sites for hydroxylation is 1. The molecule has 0 aromatic carbocycles. The van der Waals surface area contributed by atoms with Crippen molar-refractivity contribution in [1.82, 2.24) is 24.9 Å². The van der Waals surface area contributed by atoms with E-state index in [0.717, 1.165) is 19.6 Å². The number of aromatic nitrogens is 4. The van der Waals surface area contributed by atoms with E-state index < -0.39 is 0 Å². The Hall–Kier alpha value is -1.33. The zero-order chi connectivity index (χ0) is 13.0. The van der Waals surface area contributed by atoms with Gasteiger partial charge >= 0.3 is 0 Å². The van der Waals surface area contributed by atoms with Crippen molar-refractivity contribution in [3.05, 3.63) is 35.9 Å². The third-order valence-electron chi connectivity index (χ3n) is 2.88. The molecule has 5 nitrogen and oxygen atoms in total. The molecule has 0 aliphatic heterocycles. The molecule has 2 aromatic rings. The van der Waals surface area contributed by atoms with Gasteiger partial charge in [-0.15, -0.1) is 12.4 Å². The summed E-state index contributed by atoms with van der Waals surface area (Å²) in [7, 11) is 1.96. The van der Waals surface area contributed by atoms with Crippen molar-refractivity contribution in [3.63, 3.8) is 0 Å². The molecule has 0 radical (unpaired) electrons. The van der Waals surface area contributed by atoms with Gasteiger partial charge in [-0.25, -0.2) is 0 Å². The van der Waals surface area contributed by atoms with Crippen LogP contribution >= 0.6 is 12.4 Å². The van der Waals surface area contributed by atoms with Crippen LogP contribution < -0.4 is 5.32 Å². The topological polar surface area (TPSA) is 47.7 Å². The number of halogens is 1. The Balaban J connectivity index is 0.00000180. The molecule has 6 heteroatoms. The largest absolute Gasteiger partial charge is 0.306 e. The Bertz CT molecular complexity index is 489. The minimum atomic E-state index is 0. The maximum absolute atomic E-state index is 4.35. The lowest BCUT2D eigenvalue weighted by molar-refractivity contribution is 0.460. The van der Waals surface area contributed by atoms with E-state index in [2.05, 4.69) is 40.1 Å². The van der Waals surface area contributed by atoms with E-state index in [0.29, 0.717) is 5.92 Å². The second-order valence-electron chi connectivity index (χ2n) is 4.95. The van der Waals surface area contributed by atoms with Crippen LogP contribution in [-0.4, -0.2) is 19.6 Å². The summed E-state index contributed by atoms with van der Waals surface area (Å²) in [5.74, 6) is 0.612. The van der Waals surface area contributed by atoms with Crippen LogP contribution in [0.4, 0.5) is 0 Å². The van der Waals surface area contributed by atoms with E-state index in [1.807, 2.05) is 30.2 Å². The third kappa shape index (κ3) is 4.36. The fourth-order valence-corrected chi connectivity index (χ4v) is 1.91. The first-order valence-electron chi connectivity index (χ1n) is 6.35. The summed E-state index contributed by atoms with van der Waals surface area (Å²) in [5.41, 5.74) is 2.41. The smallest absolute Gasteiger partial charge is 0.0522 e. The van der Waals surface area contributed by atoms with E-state index in [9.17, 15) is 0 Å². The zero-order valence-electron chi connectivity index (χ0n) is 11.7. The quantitative estimate of drug-likeness (QED) is 0.882. The normalized spacial score (nSPS) is 10.7. The number of nitrogens with one attached hydrogen (secondary N) is 1. The molecule has 0 spiro atoms. The van der Waals surface area contributed by atoms with Crippen molar-refractivity contribution in [1.29, 1.82) is 0 Å². The first kappa shape index (κ1) is 15.7. The van der Waals surface area contributed by atoms with Crippen molar-refractivity contribution >= 4 is 12.4 Å². The SMILES string of the molecule is CC(C)Cn1nccc1CNCc1ccnn1C.Cl. The highest BCUT2D eigenvalue weighted by Gasteiger charge is 2.04. The van der Waals surface area contributed by atoms with E-state index in [4.69, 9.17) is 0 Å².